The molecule has 1 aliphatic rings. The maximum Gasteiger partial charge on any atom is 0.490 e. The van der Waals surface area contributed by atoms with Crippen LogP contribution in [-0.4, -0.2) is 65.9 Å². The van der Waals surface area contributed by atoms with E-state index in [2.05, 4.69) is 35.6 Å². The molecule has 116 valence electrons. The van der Waals surface area contributed by atoms with Gasteiger partial charge in [0.25, 0.3) is 0 Å². The predicted molar refractivity (Wildman–Crippen MR) is 84.2 cm³/mol. The van der Waals surface area contributed by atoms with Gasteiger partial charge in [0.2, 0.25) is 5.88 Å². The summed E-state index contributed by atoms with van der Waals surface area (Å²) in [4.78, 5) is 8.78. The van der Waals surface area contributed by atoms with E-state index in [1.807, 2.05) is 0 Å². The molecule has 0 bridgehead atoms. The molecule has 0 radical (unpaired) electrons. The minimum absolute atomic E-state index is 0.164. The molecule has 2 N–H and O–H groups in total. The highest BCUT2D eigenvalue weighted by molar-refractivity contribution is 6.58. The molecular formula is C14H24BN3O3. The molecule has 1 fully saturated rings. The Hall–Kier alpha value is -1.31. The van der Waals surface area contributed by atoms with Crippen molar-refractivity contribution in [3.05, 3.63) is 12.3 Å². The number of hydrogen-bond acceptors (Lipinski definition) is 6. The summed E-state index contributed by atoms with van der Waals surface area (Å²) in [5.74, 6) is 0.517. The van der Waals surface area contributed by atoms with Gasteiger partial charge in [-0.3, -0.25) is 4.90 Å². The number of ether oxygens (including phenoxy) is 1. The van der Waals surface area contributed by atoms with E-state index in [0.29, 0.717) is 11.3 Å². The molecule has 0 aliphatic carbocycles. The zero-order valence-corrected chi connectivity index (χ0v) is 13.2. The molecule has 0 aromatic carbocycles. The summed E-state index contributed by atoms with van der Waals surface area (Å²) >= 11 is 0. The smallest absolute Gasteiger partial charge is 0.480 e. The number of pyridine rings is 1. The van der Waals surface area contributed by atoms with Crippen LogP contribution in [0.2, 0.25) is 0 Å². The first kappa shape index (κ1) is 16.1. The first-order chi connectivity index (χ1) is 9.82. The monoisotopic (exact) mass is 293 g/mol. The third kappa shape index (κ3) is 3.67. The van der Waals surface area contributed by atoms with Crippen molar-refractivity contribution in [3.8, 4) is 5.88 Å². The fourth-order valence-corrected chi connectivity index (χ4v) is 2.60. The predicted octanol–water partition coefficient (Wildman–Crippen LogP) is -0.309. The van der Waals surface area contributed by atoms with E-state index >= 15 is 0 Å². The van der Waals surface area contributed by atoms with Gasteiger partial charge < -0.3 is 19.7 Å². The van der Waals surface area contributed by atoms with Crippen molar-refractivity contribution in [1.82, 2.24) is 9.88 Å². The number of hydrogen-bond donors (Lipinski definition) is 2. The van der Waals surface area contributed by atoms with Crippen LogP contribution in [0.25, 0.3) is 0 Å². The van der Waals surface area contributed by atoms with Gasteiger partial charge >= 0.3 is 7.12 Å². The SMILES string of the molecule is COc1ncc(B(O)O)cc1N1CCN(C(C)(C)C)CC1. The fourth-order valence-electron chi connectivity index (χ4n) is 2.60. The molecule has 0 amide bonds. The Morgan fingerprint density at radius 3 is 2.29 bits per heavy atom. The summed E-state index contributed by atoms with van der Waals surface area (Å²) < 4.78 is 5.30. The minimum Gasteiger partial charge on any atom is -0.480 e. The van der Waals surface area contributed by atoms with Gasteiger partial charge in [0, 0.05) is 43.4 Å². The summed E-state index contributed by atoms with van der Waals surface area (Å²) in [5, 5.41) is 18.6. The minimum atomic E-state index is -1.52. The van der Waals surface area contributed by atoms with Gasteiger partial charge in [0.15, 0.2) is 0 Å². The second-order valence-corrected chi connectivity index (χ2v) is 6.32. The van der Waals surface area contributed by atoms with Crippen LogP contribution in [0.1, 0.15) is 20.8 Å². The Balaban J connectivity index is 2.17. The molecule has 0 spiro atoms. The van der Waals surface area contributed by atoms with Crippen LogP contribution in [0, 0.1) is 0 Å². The maximum absolute atomic E-state index is 9.31. The average molecular weight is 293 g/mol. The standard InChI is InChI=1S/C14H24BN3O3/c1-14(2,3)18-7-5-17(6-8-18)12-9-11(15(19)20)10-16-13(12)21-4/h9-10,19-20H,5-8H2,1-4H3. The third-order valence-electron chi connectivity index (χ3n) is 3.91. The van der Waals surface area contributed by atoms with Crippen molar-refractivity contribution in [1.29, 1.82) is 0 Å². The number of piperazine rings is 1. The van der Waals surface area contributed by atoms with E-state index in [1.165, 1.54) is 6.20 Å². The van der Waals surface area contributed by atoms with Crippen LogP contribution in [0.5, 0.6) is 5.88 Å². The molecule has 0 saturated carbocycles. The number of aromatic nitrogens is 1. The van der Waals surface area contributed by atoms with E-state index in [4.69, 9.17) is 4.74 Å². The zero-order valence-electron chi connectivity index (χ0n) is 13.2. The Morgan fingerprint density at radius 2 is 1.81 bits per heavy atom. The van der Waals surface area contributed by atoms with Gasteiger partial charge in [-0.1, -0.05) is 0 Å². The van der Waals surface area contributed by atoms with Crippen LogP contribution in [0.4, 0.5) is 5.69 Å². The van der Waals surface area contributed by atoms with Crippen LogP contribution in [0.15, 0.2) is 12.3 Å². The van der Waals surface area contributed by atoms with Crippen molar-refractivity contribution >= 4 is 18.3 Å². The molecule has 0 atom stereocenters. The summed E-state index contributed by atoms with van der Waals surface area (Å²) in [6.07, 6.45) is 1.43. The van der Waals surface area contributed by atoms with Gasteiger partial charge in [0.05, 0.1) is 12.8 Å². The fraction of sp³-hybridized carbons (Fsp3) is 0.643. The molecule has 6 nitrogen and oxygen atoms in total. The molecular weight excluding hydrogens is 269 g/mol. The average Bonchev–Trinajstić information content (AvgIpc) is 2.45. The topological polar surface area (TPSA) is 69.1 Å². The van der Waals surface area contributed by atoms with Gasteiger partial charge in [-0.15, -0.1) is 0 Å². The Kier molecular flexibility index (Phi) is 4.75. The molecule has 1 saturated heterocycles. The molecule has 1 aliphatic heterocycles. The van der Waals surface area contributed by atoms with Gasteiger partial charge in [-0.05, 0) is 26.8 Å². The first-order valence-electron chi connectivity index (χ1n) is 7.23. The number of rotatable bonds is 3. The highest BCUT2D eigenvalue weighted by Gasteiger charge is 2.27. The summed E-state index contributed by atoms with van der Waals surface area (Å²) in [7, 11) is 0.0600. The molecule has 2 rings (SSSR count). The molecule has 21 heavy (non-hydrogen) atoms. The van der Waals surface area contributed by atoms with Crippen LogP contribution in [0.3, 0.4) is 0 Å². The van der Waals surface area contributed by atoms with Crippen LogP contribution < -0.4 is 15.1 Å². The van der Waals surface area contributed by atoms with Crippen molar-refractivity contribution < 1.29 is 14.8 Å². The highest BCUT2D eigenvalue weighted by Crippen LogP contribution is 2.27. The van der Waals surface area contributed by atoms with E-state index < -0.39 is 7.12 Å². The Labute approximate surface area is 126 Å². The highest BCUT2D eigenvalue weighted by atomic mass is 16.5. The van der Waals surface area contributed by atoms with Gasteiger partial charge in [-0.2, -0.15) is 0 Å². The molecule has 0 unspecified atom stereocenters. The van der Waals surface area contributed by atoms with Crippen molar-refractivity contribution in [2.45, 2.75) is 26.3 Å². The lowest BCUT2D eigenvalue weighted by molar-refractivity contribution is 0.128. The zero-order chi connectivity index (χ0) is 15.6. The van der Waals surface area contributed by atoms with E-state index in [0.717, 1.165) is 31.9 Å². The van der Waals surface area contributed by atoms with Crippen LogP contribution in [-0.2, 0) is 0 Å². The number of anilines is 1. The Bertz CT molecular complexity index is 483. The van der Waals surface area contributed by atoms with Gasteiger partial charge in [-0.25, -0.2) is 4.98 Å². The van der Waals surface area contributed by atoms with Crippen molar-refractivity contribution in [2.24, 2.45) is 0 Å². The summed E-state index contributed by atoms with van der Waals surface area (Å²) in [6.45, 7) is 10.3. The lowest BCUT2D eigenvalue weighted by atomic mass is 9.81. The lowest BCUT2D eigenvalue weighted by Crippen LogP contribution is -2.53. The van der Waals surface area contributed by atoms with Crippen molar-refractivity contribution in [3.63, 3.8) is 0 Å². The molecule has 1 aromatic heterocycles. The van der Waals surface area contributed by atoms with E-state index in [9.17, 15) is 10.0 Å². The maximum atomic E-state index is 9.31. The summed E-state index contributed by atoms with van der Waals surface area (Å²) in [6, 6.07) is 1.74. The second-order valence-electron chi connectivity index (χ2n) is 6.32. The molecule has 1 aromatic rings. The van der Waals surface area contributed by atoms with E-state index in [1.54, 1.807) is 13.2 Å². The normalized spacial score (nSPS) is 17.0. The third-order valence-corrected chi connectivity index (χ3v) is 3.91. The van der Waals surface area contributed by atoms with Crippen LogP contribution >= 0.6 is 0 Å². The van der Waals surface area contributed by atoms with Crippen molar-refractivity contribution in [2.75, 3.05) is 38.2 Å². The number of methoxy groups -OCH3 is 1. The quantitative estimate of drug-likeness (QED) is 0.745. The largest absolute Gasteiger partial charge is 0.490 e. The van der Waals surface area contributed by atoms with E-state index in [-0.39, 0.29) is 5.54 Å². The summed E-state index contributed by atoms with van der Waals surface area (Å²) in [5.41, 5.74) is 1.36. The molecule has 2 heterocycles. The Morgan fingerprint density at radius 1 is 1.19 bits per heavy atom. The first-order valence-corrected chi connectivity index (χ1v) is 7.23. The molecule has 7 heteroatoms. The van der Waals surface area contributed by atoms with Gasteiger partial charge in [0.1, 0.15) is 0 Å². The lowest BCUT2D eigenvalue weighted by Gasteiger charge is -2.43. The second kappa shape index (κ2) is 6.21. The number of nitrogens with zero attached hydrogens (tertiary/aromatic N) is 3.